The predicted octanol–water partition coefficient (Wildman–Crippen LogP) is 1.43. The van der Waals surface area contributed by atoms with Crippen molar-refractivity contribution in [2.45, 2.75) is 25.0 Å². The minimum Gasteiger partial charge on any atom is -0.368 e. The third-order valence-electron chi connectivity index (χ3n) is 2.80. The van der Waals surface area contributed by atoms with E-state index in [0.29, 0.717) is 12.3 Å². The maximum absolute atomic E-state index is 11.2. The third kappa shape index (κ3) is 3.48. The molecule has 5 nitrogen and oxygen atoms in total. The van der Waals surface area contributed by atoms with Crippen LogP contribution in [0.3, 0.4) is 0 Å². The summed E-state index contributed by atoms with van der Waals surface area (Å²) in [5.74, 6) is 0.239. The van der Waals surface area contributed by atoms with E-state index in [0.717, 1.165) is 16.2 Å². The zero-order valence-corrected chi connectivity index (χ0v) is 11.9. The highest BCUT2D eigenvalue weighted by Gasteiger charge is 2.15. The summed E-state index contributed by atoms with van der Waals surface area (Å²) in [7, 11) is 0. The molecule has 0 aliphatic heterocycles. The van der Waals surface area contributed by atoms with E-state index in [-0.39, 0.29) is 11.9 Å². The normalized spacial score (nSPS) is 12.7. The van der Waals surface area contributed by atoms with Gasteiger partial charge in [0.25, 0.3) is 0 Å². The van der Waals surface area contributed by atoms with E-state index in [4.69, 9.17) is 5.73 Å². The lowest BCUT2D eigenvalue weighted by atomic mass is 10.2. The van der Waals surface area contributed by atoms with Gasteiger partial charge in [0.2, 0.25) is 5.91 Å². The molecule has 1 heterocycles. The van der Waals surface area contributed by atoms with Crippen LogP contribution in [-0.2, 0) is 4.79 Å². The van der Waals surface area contributed by atoms with E-state index in [9.17, 15) is 4.79 Å². The summed E-state index contributed by atoms with van der Waals surface area (Å²) >= 11 is 1.50. The van der Waals surface area contributed by atoms with Crippen LogP contribution in [0.2, 0.25) is 0 Å². The molecule has 1 unspecified atom stereocenters. The number of nitrogens with zero attached hydrogens (tertiary/aromatic N) is 1. The Morgan fingerprint density at radius 2 is 2.37 bits per heavy atom. The highest BCUT2D eigenvalue weighted by atomic mass is 32.2. The fraction of sp³-hybridized carbons (Fsp3) is 0.385. The minimum absolute atomic E-state index is 0.329. The van der Waals surface area contributed by atoms with Gasteiger partial charge in [-0.25, -0.2) is 4.98 Å². The van der Waals surface area contributed by atoms with Crippen molar-refractivity contribution in [1.82, 2.24) is 15.3 Å². The Morgan fingerprint density at radius 3 is 3.05 bits per heavy atom. The van der Waals surface area contributed by atoms with Crippen molar-refractivity contribution in [3.05, 3.63) is 23.8 Å². The van der Waals surface area contributed by atoms with Crippen molar-refractivity contribution in [2.75, 3.05) is 12.3 Å². The van der Waals surface area contributed by atoms with E-state index in [2.05, 4.69) is 21.4 Å². The van der Waals surface area contributed by atoms with Crippen LogP contribution in [0.25, 0.3) is 11.0 Å². The van der Waals surface area contributed by atoms with Crippen LogP contribution < -0.4 is 11.1 Å². The van der Waals surface area contributed by atoms with Crippen molar-refractivity contribution in [3.8, 4) is 0 Å². The Kier molecular flexibility index (Phi) is 4.44. The van der Waals surface area contributed by atoms with Crippen LogP contribution in [-0.4, -0.2) is 34.2 Å². The first-order valence-corrected chi connectivity index (χ1v) is 7.20. The SMILES string of the molecule is CCNC(CSc1nc2ccc(C)cc2[nH]1)C(N)=O. The number of hydrogen-bond donors (Lipinski definition) is 3. The van der Waals surface area contributed by atoms with E-state index >= 15 is 0 Å². The Morgan fingerprint density at radius 1 is 1.58 bits per heavy atom. The maximum atomic E-state index is 11.2. The van der Waals surface area contributed by atoms with E-state index in [1.165, 1.54) is 17.3 Å². The predicted molar refractivity (Wildman–Crippen MR) is 78.2 cm³/mol. The molecule has 0 saturated heterocycles. The number of amides is 1. The van der Waals surface area contributed by atoms with Crippen molar-refractivity contribution in [1.29, 1.82) is 0 Å². The van der Waals surface area contributed by atoms with Gasteiger partial charge in [0.05, 0.1) is 17.1 Å². The van der Waals surface area contributed by atoms with E-state index in [1.54, 1.807) is 0 Å². The summed E-state index contributed by atoms with van der Waals surface area (Å²) in [6, 6.07) is 5.75. The highest BCUT2D eigenvalue weighted by molar-refractivity contribution is 7.99. The molecule has 1 amide bonds. The number of fused-ring (bicyclic) bond motifs is 1. The van der Waals surface area contributed by atoms with Gasteiger partial charge in [0, 0.05) is 5.75 Å². The molecule has 102 valence electrons. The number of thioether (sulfide) groups is 1. The molecule has 1 atom stereocenters. The smallest absolute Gasteiger partial charge is 0.235 e. The van der Waals surface area contributed by atoms with Gasteiger partial charge in [-0.2, -0.15) is 0 Å². The fourth-order valence-corrected chi connectivity index (χ4v) is 2.77. The molecule has 4 N–H and O–H groups in total. The van der Waals surface area contributed by atoms with Gasteiger partial charge in [-0.05, 0) is 31.2 Å². The molecule has 0 aliphatic rings. The molecule has 0 radical (unpaired) electrons. The molecule has 0 bridgehead atoms. The molecule has 0 aliphatic carbocycles. The topological polar surface area (TPSA) is 83.8 Å². The lowest BCUT2D eigenvalue weighted by molar-refractivity contribution is -0.119. The van der Waals surface area contributed by atoms with Crippen LogP contribution in [0.1, 0.15) is 12.5 Å². The standard InChI is InChI=1S/C13H18N4OS/c1-3-15-11(12(14)18)7-19-13-16-9-5-4-8(2)6-10(9)17-13/h4-6,11,15H,3,7H2,1-2H3,(H2,14,18)(H,16,17). The molecule has 0 spiro atoms. The summed E-state index contributed by atoms with van der Waals surface area (Å²) in [5.41, 5.74) is 8.48. The molecular weight excluding hydrogens is 260 g/mol. The zero-order chi connectivity index (χ0) is 13.8. The molecule has 2 aromatic rings. The van der Waals surface area contributed by atoms with Crippen molar-refractivity contribution >= 4 is 28.7 Å². The van der Waals surface area contributed by atoms with Gasteiger partial charge in [0.15, 0.2) is 5.16 Å². The minimum atomic E-state index is -0.332. The number of benzene rings is 1. The van der Waals surface area contributed by atoms with Gasteiger partial charge in [0.1, 0.15) is 0 Å². The number of H-pyrrole nitrogens is 1. The molecular formula is C13H18N4OS. The average Bonchev–Trinajstić information content (AvgIpc) is 2.75. The number of rotatable bonds is 6. The summed E-state index contributed by atoms with van der Waals surface area (Å²) in [6.45, 7) is 4.71. The quantitative estimate of drug-likeness (QED) is 0.698. The average molecular weight is 278 g/mol. The second-order valence-electron chi connectivity index (χ2n) is 4.39. The number of nitrogens with one attached hydrogen (secondary N) is 2. The number of aromatic nitrogens is 2. The summed E-state index contributed by atoms with van der Waals surface area (Å²) in [5, 5.41) is 3.87. The first-order valence-electron chi connectivity index (χ1n) is 6.22. The highest BCUT2D eigenvalue weighted by Crippen LogP contribution is 2.20. The lowest BCUT2D eigenvalue weighted by Crippen LogP contribution is -2.43. The Hall–Kier alpha value is -1.53. The van der Waals surface area contributed by atoms with E-state index in [1.807, 2.05) is 26.0 Å². The maximum Gasteiger partial charge on any atom is 0.235 e. The summed E-state index contributed by atoms with van der Waals surface area (Å²) in [4.78, 5) is 19.0. The number of likely N-dealkylation sites (N-methyl/N-ethyl adjacent to an activating group) is 1. The number of nitrogens with two attached hydrogens (primary N) is 1. The van der Waals surface area contributed by atoms with Crippen LogP contribution in [0.5, 0.6) is 0 Å². The summed E-state index contributed by atoms with van der Waals surface area (Å²) in [6.07, 6.45) is 0. The van der Waals surface area contributed by atoms with Crippen LogP contribution in [0.4, 0.5) is 0 Å². The second-order valence-corrected chi connectivity index (χ2v) is 5.39. The van der Waals surface area contributed by atoms with Crippen LogP contribution in [0.15, 0.2) is 23.4 Å². The Bertz CT molecular complexity index is 581. The van der Waals surface area contributed by atoms with Crippen LogP contribution in [0, 0.1) is 6.92 Å². The van der Waals surface area contributed by atoms with Gasteiger partial charge in [-0.1, -0.05) is 24.8 Å². The largest absolute Gasteiger partial charge is 0.368 e. The third-order valence-corrected chi connectivity index (χ3v) is 3.76. The van der Waals surface area contributed by atoms with Gasteiger partial charge in [-0.3, -0.25) is 4.79 Å². The number of carbonyl (C=O) groups is 1. The van der Waals surface area contributed by atoms with Crippen LogP contribution >= 0.6 is 11.8 Å². The lowest BCUT2D eigenvalue weighted by Gasteiger charge is -2.12. The molecule has 1 aromatic carbocycles. The molecule has 2 rings (SSSR count). The zero-order valence-electron chi connectivity index (χ0n) is 11.1. The number of imidazole rings is 1. The molecule has 0 saturated carbocycles. The number of aryl methyl sites for hydroxylation is 1. The van der Waals surface area contributed by atoms with Crippen molar-refractivity contribution in [2.24, 2.45) is 5.73 Å². The molecule has 6 heteroatoms. The second kappa shape index (κ2) is 6.08. The number of aromatic amines is 1. The first kappa shape index (κ1) is 13.9. The van der Waals surface area contributed by atoms with Gasteiger partial charge in [-0.15, -0.1) is 0 Å². The van der Waals surface area contributed by atoms with Crippen molar-refractivity contribution in [3.63, 3.8) is 0 Å². The fourth-order valence-electron chi connectivity index (χ4n) is 1.82. The summed E-state index contributed by atoms with van der Waals surface area (Å²) < 4.78 is 0. The number of hydrogen-bond acceptors (Lipinski definition) is 4. The first-order chi connectivity index (χ1) is 9.10. The Balaban J connectivity index is 2.06. The Labute approximate surface area is 116 Å². The molecule has 1 aromatic heterocycles. The molecule has 19 heavy (non-hydrogen) atoms. The van der Waals surface area contributed by atoms with E-state index < -0.39 is 0 Å². The monoisotopic (exact) mass is 278 g/mol. The number of primary amides is 1. The van der Waals surface area contributed by atoms with Gasteiger partial charge >= 0.3 is 0 Å². The van der Waals surface area contributed by atoms with Crippen molar-refractivity contribution < 1.29 is 4.79 Å². The number of carbonyl (C=O) groups excluding carboxylic acids is 1. The van der Waals surface area contributed by atoms with Gasteiger partial charge < -0.3 is 16.0 Å². The molecule has 0 fully saturated rings.